The van der Waals surface area contributed by atoms with Gasteiger partial charge in [0.15, 0.2) is 5.13 Å². The van der Waals surface area contributed by atoms with E-state index in [1.54, 1.807) is 24.3 Å². The molecule has 1 N–H and O–H groups in total. The van der Waals surface area contributed by atoms with E-state index in [4.69, 9.17) is 11.6 Å². The first-order chi connectivity index (χ1) is 15.1. The summed E-state index contributed by atoms with van der Waals surface area (Å²) in [6, 6.07) is 12.2. The van der Waals surface area contributed by atoms with E-state index in [1.807, 2.05) is 6.07 Å². The molecule has 10 heteroatoms. The van der Waals surface area contributed by atoms with Gasteiger partial charge in [0.1, 0.15) is 0 Å². The highest BCUT2D eigenvalue weighted by Crippen LogP contribution is 2.39. The Morgan fingerprint density at radius 1 is 1.19 bits per heavy atom. The number of benzene rings is 2. The zero-order valence-corrected chi connectivity index (χ0v) is 18.3. The van der Waals surface area contributed by atoms with Crippen molar-refractivity contribution in [2.45, 2.75) is 19.0 Å². The summed E-state index contributed by atoms with van der Waals surface area (Å²) >= 11 is 6.88. The predicted octanol–water partition coefficient (Wildman–Crippen LogP) is 5.78. The molecule has 0 fully saturated rings. The average molecular weight is 483 g/mol. The number of aliphatic carboxylic acids is 1. The van der Waals surface area contributed by atoms with Crippen LogP contribution in [0.1, 0.15) is 17.5 Å². The highest BCUT2D eigenvalue weighted by molar-refractivity contribution is 7.14. The SMILES string of the molecule is CN(C(=O)[C@@H](CC(=O)O)Cc1ccccc1)c1nc(-c2cc(Cl)ccc2C(F)(F)F)cs1. The van der Waals surface area contributed by atoms with Gasteiger partial charge in [-0.05, 0) is 30.2 Å². The van der Waals surface area contributed by atoms with Crippen molar-refractivity contribution in [2.24, 2.45) is 5.92 Å². The third-order valence-corrected chi connectivity index (χ3v) is 5.92. The van der Waals surface area contributed by atoms with Crippen LogP contribution in [0.25, 0.3) is 11.3 Å². The zero-order chi connectivity index (χ0) is 23.5. The molecule has 0 spiro atoms. The van der Waals surface area contributed by atoms with Crippen LogP contribution in [0.2, 0.25) is 5.02 Å². The summed E-state index contributed by atoms with van der Waals surface area (Å²) in [6.45, 7) is 0. The second kappa shape index (κ2) is 9.70. The number of carboxylic acid groups (broad SMARTS) is 1. The Kier molecular flexibility index (Phi) is 7.20. The Balaban J connectivity index is 1.88. The van der Waals surface area contributed by atoms with Crippen LogP contribution in [0.3, 0.4) is 0 Å². The van der Waals surface area contributed by atoms with E-state index in [-0.39, 0.29) is 34.3 Å². The largest absolute Gasteiger partial charge is 0.481 e. The molecule has 3 rings (SSSR count). The Hall–Kier alpha value is -2.91. The second-order valence-electron chi connectivity index (χ2n) is 7.08. The first-order valence-electron chi connectivity index (χ1n) is 9.42. The van der Waals surface area contributed by atoms with Gasteiger partial charge in [-0.25, -0.2) is 4.98 Å². The maximum atomic E-state index is 13.4. The number of carbonyl (C=O) groups is 2. The lowest BCUT2D eigenvalue weighted by Crippen LogP contribution is -2.35. The van der Waals surface area contributed by atoms with Crippen molar-refractivity contribution in [1.82, 2.24) is 4.98 Å². The fraction of sp³-hybridized carbons (Fsp3) is 0.227. The topological polar surface area (TPSA) is 70.5 Å². The lowest BCUT2D eigenvalue weighted by atomic mass is 9.95. The normalized spacial score (nSPS) is 12.4. The number of amides is 1. The lowest BCUT2D eigenvalue weighted by Gasteiger charge is -2.21. The molecule has 1 atom stereocenters. The second-order valence-corrected chi connectivity index (χ2v) is 8.36. The van der Waals surface area contributed by atoms with Crippen LogP contribution in [0.15, 0.2) is 53.9 Å². The number of carboxylic acids is 1. The number of rotatable bonds is 7. The average Bonchev–Trinajstić information content (AvgIpc) is 3.22. The lowest BCUT2D eigenvalue weighted by molar-refractivity contribution is -0.140. The minimum absolute atomic E-state index is 0.0253. The monoisotopic (exact) mass is 482 g/mol. The molecule has 0 aliphatic heterocycles. The molecule has 1 heterocycles. The number of carbonyl (C=O) groups excluding carboxylic acids is 1. The van der Waals surface area contributed by atoms with Crippen LogP contribution in [-0.4, -0.2) is 29.0 Å². The molecule has 1 amide bonds. The molecule has 0 radical (unpaired) electrons. The van der Waals surface area contributed by atoms with Crippen molar-refractivity contribution in [1.29, 1.82) is 0 Å². The Bertz CT molecular complexity index is 1120. The molecule has 0 unspecified atom stereocenters. The molecule has 168 valence electrons. The van der Waals surface area contributed by atoms with Gasteiger partial charge in [-0.1, -0.05) is 41.9 Å². The minimum atomic E-state index is -4.60. The van der Waals surface area contributed by atoms with E-state index in [0.29, 0.717) is 0 Å². The molecular weight excluding hydrogens is 465 g/mol. The van der Waals surface area contributed by atoms with Crippen LogP contribution in [0.4, 0.5) is 18.3 Å². The molecule has 1 aromatic heterocycles. The smallest absolute Gasteiger partial charge is 0.417 e. The minimum Gasteiger partial charge on any atom is -0.481 e. The van der Waals surface area contributed by atoms with E-state index < -0.39 is 29.5 Å². The summed E-state index contributed by atoms with van der Waals surface area (Å²) < 4.78 is 40.2. The summed E-state index contributed by atoms with van der Waals surface area (Å²) in [7, 11) is 1.42. The number of aromatic nitrogens is 1. The number of nitrogens with zero attached hydrogens (tertiary/aromatic N) is 2. The van der Waals surface area contributed by atoms with Gasteiger partial charge in [0.05, 0.1) is 23.6 Å². The highest BCUT2D eigenvalue weighted by Gasteiger charge is 2.34. The van der Waals surface area contributed by atoms with E-state index in [2.05, 4.69) is 4.98 Å². The number of anilines is 1. The Morgan fingerprint density at radius 3 is 2.50 bits per heavy atom. The summed E-state index contributed by atoms with van der Waals surface area (Å²) in [6.07, 6.45) is -4.78. The first kappa shape index (κ1) is 23.7. The molecule has 32 heavy (non-hydrogen) atoms. The summed E-state index contributed by atoms with van der Waals surface area (Å²) in [5.41, 5.74) is -0.258. The standard InChI is InChI=1S/C22H18ClF3N2O3S/c1-28(20(31)14(10-19(29)30)9-13-5-3-2-4-6-13)21-27-18(12-32-21)16-11-15(23)7-8-17(16)22(24,25)26/h2-8,11-12,14H,9-10H2,1H3,(H,29,30)/t14-/m1/s1. The summed E-state index contributed by atoms with van der Waals surface area (Å²) in [4.78, 5) is 29.7. The fourth-order valence-corrected chi connectivity index (χ4v) is 4.21. The number of halogens is 4. The molecule has 0 saturated carbocycles. The molecule has 5 nitrogen and oxygen atoms in total. The molecule has 2 aromatic carbocycles. The van der Waals surface area contributed by atoms with Gasteiger partial charge >= 0.3 is 12.1 Å². The Morgan fingerprint density at radius 2 is 1.88 bits per heavy atom. The van der Waals surface area contributed by atoms with Crippen LogP contribution in [0, 0.1) is 5.92 Å². The van der Waals surface area contributed by atoms with E-state index in [0.717, 1.165) is 29.0 Å². The van der Waals surface area contributed by atoms with Gasteiger partial charge in [0.2, 0.25) is 5.91 Å². The summed E-state index contributed by atoms with van der Waals surface area (Å²) in [5, 5.41) is 10.9. The molecule has 0 saturated heterocycles. The fourth-order valence-electron chi connectivity index (χ4n) is 3.24. The van der Waals surface area contributed by atoms with Crippen molar-refractivity contribution < 1.29 is 27.9 Å². The highest BCUT2D eigenvalue weighted by atomic mass is 35.5. The van der Waals surface area contributed by atoms with Gasteiger partial charge in [-0.15, -0.1) is 11.3 Å². The number of hydrogen-bond donors (Lipinski definition) is 1. The van der Waals surface area contributed by atoms with Crippen molar-refractivity contribution in [2.75, 3.05) is 11.9 Å². The molecule has 3 aromatic rings. The molecular formula is C22H18ClF3N2O3S. The quantitative estimate of drug-likeness (QED) is 0.463. The van der Waals surface area contributed by atoms with E-state index in [1.165, 1.54) is 23.4 Å². The number of alkyl halides is 3. The third kappa shape index (κ3) is 5.66. The number of thiazole rings is 1. The van der Waals surface area contributed by atoms with Crippen LogP contribution < -0.4 is 4.90 Å². The number of hydrogen-bond acceptors (Lipinski definition) is 4. The van der Waals surface area contributed by atoms with Crippen LogP contribution in [0.5, 0.6) is 0 Å². The van der Waals surface area contributed by atoms with Gasteiger partial charge in [0.25, 0.3) is 0 Å². The van der Waals surface area contributed by atoms with Crippen LogP contribution in [-0.2, 0) is 22.2 Å². The Labute approximate surface area is 191 Å². The van der Waals surface area contributed by atoms with E-state index in [9.17, 15) is 27.9 Å². The predicted molar refractivity (Wildman–Crippen MR) is 117 cm³/mol. The maximum absolute atomic E-state index is 13.4. The van der Waals surface area contributed by atoms with Crippen molar-refractivity contribution in [3.8, 4) is 11.3 Å². The molecule has 0 aliphatic rings. The van der Waals surface area contributed by atoms with Gasteiger partial charge < -0.3 is 5.11 Å². The van der Waals surface area contributed by atoms with Crippen LogP contribution >= 0.6 is 22.9 Å². The molecule has 0 bridgehead atoms. The van der Waals surface area contributed by atoms with Gasteiger partial charge in [-0.3, -0.25) is 14.5 Å². The summed E-state index contributed by atoms with van der Waals surface area (Å²) in [5.74, 6) is -2.47. The van der Waals surface area contributed by atoms with Gasteiger partial charge in [-0.2, -0.15) is 13.2 Å². The molecule has 0 aliphatic carbocycles. The third-order valence-electron chi connectivity index (χ3n) is 4.77. The van der Waals surface area contributed by atoms with Crippen molar-refractivity contribution in [3.05, 3.63) is 70.1 Å². The zero-order valence-electron chi connectivity index (χ0n) is 16.8. The van der Waals surface area contributed by atoms with E-state index >= 15 is 0 Å². The van der Waals surface area contributed by atoms with Gasteiger partial charge in [0, 0.05) is 23.0 Å². The van der Waals surface area contributed by atoms with Crippen molar-refractivity contribution >= 4 is 39.9 Å². The maximum Gasteiger partial charge on any atom is 0.417 e. The first-order valence-corrected chi connectivity index (χ1v) is 10.7. The van der Waals surface area contributed by atoms with Crippen molar-refractivity contribution in [3.63, 3.8) is 0 Å².